The number of hydrogen-bond acceptors (Lipinski definition) is 8. The van der Waals surface area contributed by atoms with Gasteiger partial charge >= 0.3 is 0 Å². The van der Waals surface area contributed by atoms with Crippen molar-refractivity contribution in [1.82, 2.24) is 25.1 Å². The topological polar surface area (TPSA) is 110 Å². The van der Waals surface area contributed by atoms with Crippen LogP contribution in [0.25, 0.3) is 11.3 Å². The first-order valence-corrected chi connectivity index (χ1v) is 13.3. The molecule has 1 aliphatic heterocycles. The van der Waals surface area contributed by atoms with Crippen molar-refractivity contribution in [3.05, 3.63) is 76.2 Å². The van der Waals surface area contributed by atoms with Crippen molar-refractivity contribution >= 4 is 28.3 Å². The van der Waals surface area contributed by atoms with Crippen molar-refractivity contribution < 1.29 is 18.7 Å². The van der Waals surface area contributed by atoms with Gasteiger partial charge in [0.15, 0.2) is 0 Å². The molecule has 1 atom stereocenters. The maximum absolute atomic E-state index is 15.0. The van der Waals surface area contributed by atoms with E-state index >= 15 is 0 Å². The number of pyridine rings is 2. The summed E-state index contributed by atoms with van der Waals surface area (Å²) < 4.78 is 21.1. The number of carbonyl (C=O) groups is 2. The largest absolute Gasteiger partial charge is 0.420 e. The second kappa shape index (κ2) is 10.1. The molecule has 1 unspecified atom stereocenters. The predicted octanol–water partition coefficient (Wildman–Crippen LogP) is 5.44. The van der Waals surface area contributed by atoms with E-state index in [0.717, 1.165) is 11.3 Å². The van der Waals surface area contributed by atoms with Gasteiger partial charge in [-0.05, 0) is 38.1 Å². The summed E-state index contributed by atoms with van der Waals surface area (Å²) >= 11 is 1.24. The number of benzene rings is 1. The Morgan fingerprint density at radius 1 is 1.10 bits per heavy atom. The number of rotatable bonds is 6. The van der Waals surface area contributed by atoms with Gasteiger partial charge in [-0.2, -0.15) is 0 Å². The molecular formula is C28H27FN6O3S. The lowest BCUT2D eigenvalue weighted by Crippen LogP contribution is -2.38. The zero-order valence-corrected chi connectivity index (χ0v) is 23.0. The average molecular weight is 547 g/mol. The first-order valence-electron chi connectivity index (χ1n) is 12.4. The van der Waals surface area contributed by atoms with Crippen molar-refractivity contribution in [3.63, 3.8) is 0 Å². The van der Waals surface area contributed by atoms with Gasteiger partial charge in [-0.3, -0.25) is 9.59 Å². The quantitative estimate of drug-likeness (QED) is 0.343. The third-order valence-electron chi connectivity index (χ3n) is 6.94. The van der Waals surface area contributed by atoms with Crippen molar-refractivity contribution in [1.29, 1.82) is 0 Å². The third-order valence-corrected chi connectivity index (χ3v) is 7.54. The Balaban J connectivity index is 1.55. The van der Waals surface area contributed by atoms with Gasteiger partial charge in [0.05, 0.1) is 16.7 Å². The van der Waals surface area contributed by atoms with Crippen LogP contribution in [0.15, 0.2) is 48.0 Å². The zero-order chi connectivity index (χ0) is 27.9. The van der Waals surface area contributed by atoms with E-state index in [9.17, 15) is 14.0 Å². The lowest BCUT2D eigenvalue weighted by Gasteiger charge is -2.37. The van der Waals surface area contributed by atoms with Crippen molar-refractivity contribution in [2.24, 2.45) is 5.41 Å². The highest BCUT2D eigenvalue weighted by molar-refractivity contribution is 7.13. The summed E-state index contributed by atoms with van der Waals surface area (Å²) in [4.78, 5) is 36.7. The number of fused-ring (bicyclic) bond motifs is 2. The van der Waals surface area contributed by atoms with E-state index in [-0.39, 0.29) is 17.4 Å². The molecule has 11 heteroatoms. The monoisotopic (exact) mass is 546 g/mol. The highest BCUT2D eigenvalue weighted by Gasteiger charge is 2.45. The highest BCUT2D eigenvalue weighted by atomic mass is 32.1. The molecule has 0 saturated carbocycles. The molecule has 4 aromatic rings. The number of amides is 2. The summed E-state index contributed by atoms with van der Waals surface area (Å²) in [5, 5.41) is 11.0. The van der Waals surface area contributed by atoms with Gasteiger partial charge < -0.3 is 15.0 Å². The van der Waals surface area contributed by atoms with Crippen LogP contribution in [-0.2, 0) is 4.79 Å². The van der Waals surface area contributed by atoms with Crippen LogP contribution >= 0.6 is 11.3 Å². The first kappa shape index (κ1) is 26.4. The van der Waals surface area contributed by atoms with Crippen LogP contribution in [0.2, 0.25) is 0 Å². The molecule has 0 bridgehead atoms. The van der Waals surface area contributed by atoms with Gasteiger partial charge in [0, 0.05) is 41.9 Å². The second-order valence-electron chi connectivity index (χ2n) is 9.91. The Morgan fingerprint density at radius 3 is 2.49 bits per heavy atom. The van der Waals surface area contributed by atoms with Crippen molar-refractivity contribution in [2.75, 3.05) is 18.9 Å². The number of carbonyl (C=O) groups excluding carboxylic acids is 2. The lowest BCUT2D eigenvalue weighted by molar-refractivity contribution is -0.124. The van der Waals surface area contributed by atoms with E-state index in [1.165, 1.54) is 28.4 Å². The molecule has 0 saturated heterocycles. The molecule has 3 aromatic heterocycles. The van der Waals surface area contributed by atoms with Gasteiger partial charge in [-0.15, -0.1) is 10.2 Å². The van der Waals surface area contributed by atoms with E-state index in [1.807, 2.05) is 45.9 Å². The molecule has 1 N–H and O–H groups in total. The third kappa shape index (κ3) is 4.85. The van der Waals surface area contributed by atoms with E-state index < -0.39 is 23.1 Å². The molecule has 1 aliphatic rings. The molecule has 0 fully saturated rings. The minimum absolute atomic E-state index is 0.00540. The van der Waals surface area contributed by atoms with Gasteiger partial charge in [0.1, 0.15) is 11.3 Å². The number of anilines is 1. The summed E-state index contributed by atoms with van der Waals surface area (Å²) in [6.07, 6.45) is 0. The van der Waals surface area contributed by atoms with Crippen LogP contribution in [0.4, 0.5) is 9.52 Å². The number of halogens is 1. The van der Waals surface area contributed by atoms with E-state index in [0.29, 0.717) is 34.4 Å². The number of nitrogens with one attached hydrogen (secondary N) is 1. The van der Waals surface area contributed by atoms with Crippen LogP contribution in [0, 0.1) is 18.2 Å². The summed E-state index contributed by atoms with van der Waals surface area (Å²) in [5.74, 6) is -1.06. The number of aryl methyl sites for hydroxylation is 1. The molecule has 200 valence electrons. The molecule has 1 aromatic carbocycles. The van der Waals surface area contributed by atoms with E-state index in [2.05, 4.69) is 20.5 Å². The molecule has 0 aliphatic carbocycles. The minimum atomic E-state index is -0.960. The Hall–Kier alpha value is -4.25. The normalized spacial score (nSPS) is 14.2. The van der Waals surface area contributed by atoms with Gasteiger partial charge in [0.2, 0.25) is 22.8 Å². The number of ether oxygens (including phenoxy) is 1. The standard InChI is InChI=1S/C28H27FN6O3S/c1-6-35(5)25(36)17-10-8-16(13-20(17)29)21-12-11-19-22(28(3,4)26(37)33-27-34-30-14-39-27)18-9-7-15(2)31-23(18)38-24(19)32-21/h7-14,22H,6H2,1-5H3,(H,33,34,37). The van der Waals surface area contributed by atoms with Crippen LogP contribution < -0.4 is 10.1 Å². The summed E-state index contributed by atoms with van der Waals surface area (Å²) in [6, 6.07) is 11.8. The Morgan fingerprint density at radius 2 is 1.82 bits per heavy atom. The van der Waals surface area contributed by atoms with E-state index in [1.54, 1.807) is 24.7 Å². The molecule has 0 radical (unpaired) electrons. The molecule has 2 amide bonds. The van der Waals surface area contributed by atoms with Gasteiger partial charge in [-0.1, -0.05) is 43.4 Å². The fraction of sp³-hybridized carbons (Fsp3) is 0.286. The van der Waals surface area contributed by atoms with Crippen LogP contribution in [0.3, 0.4) is 0 Å². The minimum Gasteiger partial charge on any atom is -0.420 e. The molecule has 39 heavy (non-hydrogen) atoms. The lowest BCUT2D eigenvalue weighted by atomic mass is 9.70. The van der Waals surface area contributed by atoms with E-state index in [4.69, 9.17) is 9.72 Å². The average Bonchev–Trinajstić information content (AvgIpc) is 3.43. The van der Waals surface area contributed by atoms with Crippen LogP contribution in [0.5, 0.6) is 11.8 Å². The Kier molecular flexibility index (Phi) is 6.85. The molecule has 9 nitrogen and oxygen atoms in total. The van der Waals surface area contributed by atoms with Crippen molar-refractivity contribution in [2.45, 2.75) is 33.6 Å². The molecule has 4 heterocycles. The smallest absolute Gasteiger partial charge is 0.256 e. The predicted molar refractivity (Wildman–Crippen MR) is 145 cm³/mol. The molecule has 0 spiro atoms. The van der Waals surface area contributed by atoms with Gasteiger partial charge in [0.25, 0.3) is 5.91 Å². The van der Waals surface area contributed by atoms with Crippen LogP contribution in [0.1, 0.15) is 53.9 Å². The molecular weight excluding hydrogens is 519 g/mol. The SMILES string of the molecule is CCN(C)C(=O)c1ccc(-c2ccc3c(n2)Oc2nc(C)ccc2C3C(C)(C)C(=O)Nc2nncs2)cc1F. The van der Waals surface area contributed by atoms with Crippen LogP contribution in [-0.4, -0.2) is 50.5 Å². The zero-order valence-electron chi connectivity index (χ0n) is 22.2. The summed E-state index contributed by atoms with van der Waals surface area (Å²) in [7, 11) is 1.62. The first-order chi connectivity index (χ1) is 18.6. The van der Waals surface area contributed by atoms with Gasteiger partial charge in [-0.25, -0.2) is 14.4 Å². The Labute approximate surface area is 229 Å². The maximum atomic E-state index is 15.0. The highest BCUT2D eigenvalue weighted by Crippen LogP contribution is 2.51. The Bertz CT molecular complexity index is 1570. The second-order valence-corrected chi connectivity index (χ2v) is 10.7. The van der Waals surface area contributed by atoms with Crippen molar-refractivity contribution in [3.8, 4) is 23.0 Å². The fourth-order valence-electron chi connectivity index (χ4n) is 4.61. The number of hydrogen-bond donors (Lipinski definition) is 1. The fourth-order valence-corrected chi connectivity index (χ4v) is 5.05. The summed E-state index contributed by atoms with van der Waals surface area (Å²) in [6.45, 7) is 7.84. The molecule has 5 rings (SSSR count). The number of nitrogens with zero attached hydrogens (tertiary/aromatic N) is 5. The maximum Gasteiger partial charge on any atom is 0.256 e. The summed E-state index contributed by atoms with van der Waals surface area (Å²) in [5.41, 5.74) is 3.74. The number of aromatic nitrogens is 4.